The Morgan fingerprint density at radius 1 is 0.366 bits per heavy atom. The number of fused-ring (bicyclic) bond motifs is 3. The summed E-state index contributed by atoms with van der Waals surface area (Å²) >= 11 is 0. The molecule has 6 aromatic rings. The van der Waals surface area contributed by atoms with Gasteiger partial charge in [0.05, 0.1) is 0 Å². The van der Waals surface area contributed by atoms with Crippen LogP contribution in [-0.4, -0.2) is 17.9 Å². The van der Waals surface area contributed by atoms with Crippen LogP contribution in [0.15, 0.2) is 109 Å². The number of benzene rings is 6. The number of hydrogen-bond acceptors (Lipinski definition) is 9. The maximum Gasteiger partial charge on any atom is 0.530 e. The molecule has 0 saturated heterocycles. The Bertz CT molecular complexity index is 3440. The second-order valence-electron chi connectivity index (χ2n) is 28.2. The van der Waals surface area contributed by atoms with E-state index in [0.29, 0.717) is 57.6 Å². The van der Waals surface area contributed by atoms with E-state index >= 15 is 0 Å². The summed E-state index contributed by atoms with van der Waals surface area (Å²) in [7, 11) is -2.57. The van der Waals surface area contributed by atoms with E-state index in [9.17, 15) is 14.4 Å². The first-order chi connectivity index (χ1) is 38.3. The Kier molecular flexibility index (Phi) is 16.3. The molecule has 0 saturated carbocycles. The van der Waals surface area contributed by atoms with Crippen molar-refractivity contribution in [1.82, 2.24) is 0 Å². The molecule has 4 atom stereocenters. The molecule has 0 amide bonds. The summed E-state index contributed by atoms with van der Waals surface area (Å²) in [5, 5.41) is 0. The minimum Gasteiger partial charge on any atom is -0.425 e. The average molecular weight is 1130 g/mol. The topological polar surface area (TPSA) is 107 Å². The van der Waals surface area contributed by atoms with Crippen LogP contribution in [0.2, 0.25) is 0 Å². The summed E-state index contributed by atoms with van der Waals surface area (Å²) in [6.45, 7) is 39.8. The first-order valence-electron chi connectivity index (χ1n) is 29.7. The van der Waals surface area contributed by atoms with Gasteiger partial charge in [0.25, 0.3) is 0 Å². The number of ether oxygens (including phenoxy) is 3. The van der Waals surface area contributed by atoms with Gasteiger partial charge in [-0.05, 0) is 141 Å². The van der Waals surface area contributed by atoms with E-state index in [2.05, 4.69) is 167 Å². The third-order valence-corrected chi connectivity index (χ3v) is 18.6. The Morgan fingerprint density at radius 2 is 0.646 bits per heavy atom. The molecule has 6 aromatic carbocycles. The predicted octanol–water partition coefficient (Wildman–Crippen LogP) is 18.5. The Hall–Kier alpha value is -6.44. The quantitative estimate of drug-likeness (QED) is 0.0445. The largest absolute Gasteiger partial charge is 0.530 e. The maximum atomic E-state index is 14.8. The predicted molar refractivity (Wildman–Crippen MR) is 329 cm³/mol. The van der Waals surface area contributed by atoms with Crippen LogP contribution in [0.1, 0.15) is 235 Å². The van der Waals surface area contributed by atoms with Crippen molar-refractivity contribution in [3.8, 4) is 34.5 Å². The molecule has 4 unspecified atom stereocenters. The minimum absolute atomic E-state index is 0.0176. The Labute approximate surface area is 490 Å². The lowest BCUT2D eigenvalue weighted by Crippen LogP contribution is -2.25. The van der Waals surface area contributed by atoms with Gasteiger partial charge < -0.3 is 27.8 Å². The zero-order valence-electron chi connectivity index (χ0n) is 52.0. The van der Waals surface area contributed by atoms with Crippen LogP contribution in [0.5, 0.6) is 34.5 Å². The van der Waals surface area contributed by atoms with Crippen LogP contribution >= 0.6 is 8.60 Å². The zero-order valence-corrected chi connectivity index (χ0v) is 52.9. The number of aryl methyl sites for hydroxylation is 2. The molecule has 3 aliphatic heterocycles. The average Bonchev–Trinajstić information content (AvgIpc) is 4.25. The Morgan fingerprint density at radius 3 is 1.00 bits per heavy atom. The molecule has 3 aliphatic rings. The van der Waals surface area contributed by atoms with E-state index in [0.717, 1.165) is 82.2 Å². The third kappa shape index (κ3) is 12.3. The van der Waals surface area contributed by atoms with E-state index < -0.39 is 44.3 Å². The smallest absolute Gasteiger partial charge is 0.425 e. The first-order valence-corrected chi connectivity index (χ1v) is 30.8. The summed E-state index contributed by atoms with van der Waals surface area (Å²) in [5.74, 6) is -1.14. The Balaban J connectivity index is 1.26. The number of carbonyl (C=O) groups excluding carboxylic acids is 3. The highest BCUT2D eigenvalue weighted by Crippen LogP contribution is 2.55. The van der Waals surface area contributed by atoms with E-state index in [4.69, 9.17) is 27.8 Å². The van der Waals surface area contributed by atoms with Crippen LogP contribution in [0, 0.1) is 10.8 Å². The van der Waals surface area contributed by atoms with Crippen molar-refractivity contribution in [3.63, 3.8) is 0 Å². The standard InChI is InChI=1S/C72H87O9P/c1-19-43-23-29-55-49(35-43)61(64(73)76-55)50-36-44(20-2)24-30-58(50)79-82(80-59-33-27-46(70(13,14)22-4)38-53(59)62-51-37-45(69(11,12)21-3)25-31-56(51)77-65(62)74)81-60-34-28-48(72(17,18)42-68(8,9)10)40-54(60)63-52-39-47(26-32-57(52)78-66(63)75)71(15,16)41-67(5,6)7/h23-40,61-63H,19-22,41-42H2,1-18H3. The zero-order chi connectivity index (χ0) is 59.6. The summed E-state index contributed by atoms with van der Waals surface area (Å²) in [5.41, 5.74) is 9.44. The molecule has 434 valence electrons. The maximum absolute atomic E-state index is 14.8. The fourth-order valence-corrected chi connectivity index (χ4v) is 13.8. The van der Waals surface area contributed by atoms with Gasteiger partial charge in [0.1, 0.15) is 52.3 Å². The van der Waals surface area contributed by atoms with Gasteiger partial charge in [0, 0.05) is 33.4 Å². The van der Waals surface area contributed by atoms with Crippen molar-refractivity contribution in [2.24, 2.45) is 10.8 Å². The number of rotatable bonds is 19. The molecular formula is C72H87O9P. The molecule has 0 radical (unpaired) electrons. The van der Waals surface area contributed by atoms with Gasteiger partial charge in [-0.15, -0.1) is 0 Å². The minimum atomic E-state index is -2.57. The van der Waals surface area contributed by atoms with Crippen LogP contribution in [0.4, 0.5) is 0 Å². The van der Waals surface area contributed by atoms with Gasteiger partial charge in [-0.2, -0.15) is 0 Å². The molecule has 0 aliphatic carbocycles. The third-order valence-electron chi connectivity index (χ3n) is 17.6. The molecule has 0 aromatic heterocycles. The van der Waals surface area contributed by atoms with Crippen LogP contribution in [0.25, 0.3) is 0 Å². The van der Waals surface area contributed by atoms with Crippen molar-refractivity contribution < 1.29 is 42.2 Å². The second kappa shape index (κ2) is 22.3. The summed E-state index contributed by atoms with van der Waals surface area (Å²) in [6, 6.07) is 36.2. The SMILES string of the molecule is CCc1ccc2c(c1)C(c1cc(CC)ccc1OP(Oc1ccc(C(C)(C)CC)cc1C1C(=O)Oc3ccc(C(C)(C)CC)cc31)Oc1ccc(C(C)(C)CC(C)(C)C)cc1C1C(=O)Oc3ccc(C(C)(C)CC(C)(C)C)cc31)C(=O)O2. The molecule has 3 heterocycles. The summed E-state index contributed by atoms with van der Waals surface area (Å²) < 4.78 is 40.3. The lowest BCUT2D eigenvalue weighted by molar-refractivity contribution is -0.134. The van der Waals surface area contributed by atoms with E-state index in [1.165, 1.54) is 0 Å². The normalized spacial score (nSPS) is 17.6. The van der Waals surface area contributed by atoms with Gasteiger partial charge in [-0.3, -0.25) is 14.4 Å². The van der Waals surface area contributed by atoms with Crippen LogP contribution in [0.3, 0.4) is 0 Å². The highest BCUT2D eigenvalue weighted by Gasteiger charge is 2.44. The van der Waals surface area contributed by atoms with Gasteiger partial charge in [0.2, 0.25) is 0 Å². The van der Waals surface area contributed by atoms with Crippen molar-refractivity contribution in [2.45, 2.75) is 203 Å². The summed E-state index contributed by atoms with van der Waals surface area (Å²) in [4.78, 5) is 43.7. The van der Waals surface area contributed by atoms with Gasteiger partial charge in [0.15, 0.2) is 0 Å². The summed E-state index contributed by atoms with van der Waals surface area (Å²) in [6.07, 6.45) is 4.97. The van der Waals surface area contributed by atoms with E-state index in [1.54, 1.807) is 0 Å². The molecule has 9 rings (SSSR count). The lowest BCUT2D eigenvalue weighted by Gasteiger charge is -2.34. The van der Waals surface area contributed by atoms with Gasteiger partial charge in [-0.1, -0.05) is 197 Å². The van der Waals surface area contributed by atoms with E-state index in [-0.39, 0.29) is 32.5 Å². The first kappa shape index (κ1) is 60.2. The molecule has 82 heavy (non-hydrogen) atoms. The molecule has 0 spiro atoms. The molecule has 9 nitrogen and oxygen atoms in total. The van der Waals surface area contributed by atoms with Gasteiger partial charge >= 0.3 is 26.5 Å². The fourth-order valence-electron chi connectivity index (χ4n) is 12.7. The molecule has 0 fully saturated rings. The fraction of sp³-hybridized carbons (Fsp3) is 0.458. The van der Waals surface area contributed by atoms with Crippen molar-refractivity contribution >= 4 is 26.5 Å². The monoisotopic (exact) mass is 1130 g/mol. The lowest BCUT2D eigenvalue weighted by atomic mass is 9.71. The number of esters is 3. The second-order valence-corrected chi connectivity index (χ2v) is 29.2. The van der Waals surface area contributed by atoms with Crippen LogP contribution < -0.4 is 27.8 Å². The van der Waals surface area contributed by atoms with Crippen molar-refractivity contribution in [1.29, 1.82) is 0 Å². The van der Waals surface area contributed by atoms with Crippen LogP contribution in [-0.2, 0) is 48.9 Å². The number of hydrogen-bond donors (Lipinski definition) is 0. The molecule has 10 heteroatoms. The highest BCUT2D eigenvalue weighted by atomic mass is 31.2. The van der Waals surface area contributed by atoms with E-state index in [1.807, 2.05) is 66.7 Å². The molecular weight excluding hydrogens is 1040 g/mol. The van der Waals surface area contributed by atoms with Crippen molar-refractivity contribution in [2.75, 3.05) is 0 Å². The van der Waals surface area contributed by atoms with Gasteiger partial charge in [-0.25, -0.2) is 0 Å². The molecule has 0 N–H and O–H groups in total. The molecule has 0 bridgehead atoms. The highest BCUT2D eigenvalue weighted by molar-refractivity contribution is 7.43. The number of carbonyl (C=O) groups is 3. The van der Waals surface area contributed by atoms with Crippen molar-refractivity contribution in [3.05, 3.63) is 176 Å².